The van der Waals surface area contributed by atoms with Gasteiger partial charge in [-0.25, -0.2) is 9.59 Å². The Morgan fingerprint density at radius 3 is 1.33 bits per heavy atom. The molecule has 0 saturated heterocycles. The minimum Gasteiger partial charge on any atom is -0.444 e. The van der Waals surface area contributed by atoms with Crippen molar-refractivity contribution in [1.29, 1.82) is 0 Å². The Hall–Kier alpha value is -3.14. The van der Waals surface area contributed by atoms with Crippen LogP contribution >= 0.6 is 0 Å². The van der Waals surface area contributed by atoms with E-state index in [1.54, 1.807) is 0 Å². The highest BCUT2D eigenvalue weighted by molar-refractivity contribution is 5.68. The maximum absolute atomic E-state index is 12.7. The number of carbonyl (C=O) groups is 2. The van der Waals surface area contributed by atoms with Gasteiger partial charge in [0.2, 0.25) is 0 Å². The third kappa shape index (κ3) is 25.0. The Morgan fingerprint density at radius 2 is 0.926 bits per heavy atom. The number of carbonyl (C=O) groups excluding carboxylic acids is 2. The zero-order valence-electron chi connectivity index (χ0n) is 35.1. The van der Waals surface area contributed by atoms with E-state index in [0.717, 1.165) is 97.2 Å². The van der Waals surface area contributed by atoms with Crippen LogP contribution in [0.4, 0.5) is 9.59 Å². The standard InChI is InChI=1S/C45H77N5O4/c1-44(2,3)53-42(51)47-31-19-7-8-20-32-48(38-40-26-15-13-16-27-40)33-21-9-10-22-34-49(39-41-28-17-14-18-29-41)35-23-11-12-24-36-50(37-25-30-46)43(52)54-45(4,5)6/h13-18,26-29H,7-12,19-25,30-39,46H2,1-6H3,(H,47,51). The van der Waals surface area contributed by atoms with Crippen molar-refractivity contribution in [2.75, 3.05) is 52.4 Å². The summed E-state index contributed by atoms with van der Waals surface area (Å²) < 4.78 is 11.0. The number of nitrogens with zero attached hydrogens (tertiary/aromatic N) is 3. The van der Waals surface area contributed by atoms with Gasteiger partial charge < -0.3 is 25.4 Å². The highest BCUT2D eigenvalue weighted by Gasteiger charge is 2.21. The van der Waals surface area contributed by atoms with Crippen molar-refractivity contribution in [2.24, 2.45) is 5.73 Å². The van der Waals surface area contributed by atoms with Gasteiger partial charge in [0.1, 0.15) is 11.2 Å². The molecule has 0 aliphatic heterocycles. The van der Waals surface area contributed by atoms with E-state index < -0.39 is 11.2 Å². The van der Waals surface area contributed by atoms with E-state index in [9.17, 15) is 9.59 Å². The van der Waals surface area contributed by atoms with Gasteiger partial charge in [0.15, 0.2) is 0 Å². The van der Waals surface area contributed by atoms with Crippen LogP contribution in [0.25, 0.3) is 0 Å². The Balaban J connectivity index is 1.73. The molecule has 3 N–H and O–H groups in total. The van der Waals surface area contributed by atoms with Gasteiger partial charge in [-0.15, -0.1) is 0 Å². The molecule has 0 heterocycles. The van der Waals surface area contributed by atoms with E-state index in [2.05, 4.69) is 75.8 Å². The number of alkyl carbamates (subject to hydrolysis) is 1. The summed E-state index contributed by atoms with van der Waals surface area (Å²) in [7, 11) is 0. The van der Waals surface area contributed by atoms with Crippen LogP contribution in [-0.4, -0.2) is 90.4 Å². The first-order valence-electron chi connectivity index (χ1n) is 21.0. The third-order valence-corrected chi connectivity index (χ3v) is 9.20. The van der Waals surface area contributed by atoms with Crippen LogP contribution in [-0.2, 0) is 22.6 Å². The lowest BCUT2D eigenvalue weighted by atomic mass is 10.1. The minimum atomic E-state index is -0.491. The van der Waals surface area contributed by atoms with Crippen LogP contribution < -0.4 is 11.1 Å². The van der Waals surface area contributed by atoms with Gasteiger partial charge in [0.25, 0.3) is 0 Å². The predicted octanol–water partition coefficient (Wildman–Crippen LogP) is 9.78. The lowest BCUT2D eigenvalue weighted by Crippen LogP contribution is -2.38. The monoisotopic (exact) mass is 752 g/mol. The molecule has 0 bridgehead atoms. The van der Waals surface area contributed by atoms with E-state index in [4.69, 9.17) is 15.2 Å². The molecule has 0 atom stereocenters. The van der Waals surface area contributed by atoms with E-state index >= 15 is 0 Å². The molecule has 0 aliphatic carbocycles. The average molecular weight is 752 g/mol. The quantitative estimate of drug-likeness (QED) is 0.0836. The van der Waals surface area contributed by atoms with Crippen molar-refractivity contribution in [3.63, 3.8) is 0 Å². The van der Waals surface area contributed by atoms with Gasteiger partial charge in [-0.2, -0.15) is 0 Å². The van der Waals surface area contributed by atoms with Crippen LogP contribution in [0, 0.1) is 0 Å². The third-order valence-electron chi connectivity index (χ3n) is 9.20. The molecule has 2 amide bonds. The van der Waals surface area contributed by atoms with Crippen molar-refractivity contribution >= 4 is 12.2 Å². The number of rotatable bonds is 28. The highest BCUT2D eigenvalue weighted by atomic mass is 16.6. The maximum atomic E-state index is 12.7. The molecule has 2 aromatic rings. The summed E-state index contributed by atoms with van der Waals surface area (Å²) in [5.74, 6) is 0. The fourth-order valence-corrected chi connectivity index (χ4v) is 6.46. The molecule has 9 nitrogen and oxygen atoms in total. The highest BCUT2D eigenvalue weighted by Crippen LogP contribution is 2.15. The molecule has 0 aliphatic rings. The summed E-state index contributed by atoms with van der Waals surface area (Å²) in [5.41, 5.74) is 7.53. The molecule has 0 unspecified atom stereocenters. The average Bonchev–Trinajstić information content (AvgIpc) is 3.11. The summed E-state index contributed by atoms with van der Waals surface area (Å²) in [6.45, 7) is 20.5. The number of nitrogens with one attached hydrogen (secondary N) is 1. The summed E-state index contributed by atoms with van der Waals surface area (Å²) in [6.07, 6.45) is 14.0. The van der Waals surface area contributed by atoms with Gasteiger partial charge >= 0.3 is 12.2 Å². The van der Waals surface area contributed by atoms with Gasteiger partial charge in [-0.05, 0) is 130 Å². The largest absolute Gasteiger partial charge is 0.444 e. The number of amides is 2. The van der Waals surface area contributed by atoms with Crippen LogP contribution in [0.15, 0.2) is 60.7 Å². The van der Waals surface area contributed by atoms with Crippen LogP contribution in [0.5, 0.6) is 0 Å². The van der Waals surface area contributed by atoms with Gasteiger partial charge in [0.05, 0.1) is 0 Å². The number of ether oxygens (including phenoxy) is 2. The number of benzene rings is 2. The lowest BCUT2D eigenvalue weighted by molar-refractivity contribution is 0.0245. The molecule has 0 saturated carbocycles. The van der Waals surface area contributed by atoms with Crippen LogP contribution in [0.3, 0.4) is 0 Å². The fraction of sp³-hybridized carbons (Fsp3) is 0.689. The first-order chi connectivity index (χ1) is 25.8. The minimum absolute atomic E-state index is 0.230. The molecule has 2 rings (SSSR count). The number of nitrogens with two attached hydrogens (primary N) is 1. The molecule has 0 fully saturated rings. The van der Waals surface area contributed by atoms with Crippen LogP contribution in [0.1, 0.15) is 136 Å². The molecular formula is C45H77N5O4. The van der Waals surface area contributed by atoms with E-state index in [-0.39, 0.29) is 12.2 Å². The van der Waals surface area contributed by atoms with Gasteiger partial charge in [-0.1, -0.05) is 99.2 Å². The second kappa shape index (κ2) is 27.4. The first kappa shape index (κ1) is 47.0. The summed E-state index contributed by atoms with van der Waals surface area (Å²) in [5, 5.41) is 2.88. The Bertz CT molecular complexity index is 1230. The summed E-state index contributed by atoms with van der Waals surface area (Å²) in [6, 6.07) is 21.7. The zero-order valence-corrected chi connectivity index (χ0v) is 35.1. The van der Waals surface area contributed by atoms with Crippen molar-refractivity contribution in [1.82, 2.24) is 20.0 Å². The summed E-state index contributed by atoms with van der Waals surface area (Å²) >= 11 is 0. The molecular weight excluding hydrogens is 675 g/mol. The Kier molecular flexibility index (Phi) is 23.9. The number of hydrogen-bond donors (Lipinski definition) is 2. The Morgan fingerprint density at radius 1 is 0.537 bits per heavy atom. The molecule has 0 spiro atoms. The zero-order chi connectivity index (χ0) is 39.5. The van der Waals surface area contributed by atoms with Gasteiger partial charge in [-0.3, -0.25) is 9.80 Å². The molecule has 2 aromatic carbocycles. The topological polar surface area (TPSA) is 100 Å². The molecule has 54 heavy (non-hydrogen) atoms. The molecule has 0 aromatic heterocycles. The molecule has 9 heteroatoms. The second-order valence-electron chi connectivity index (χ2n) is 16.8. The lowest BCUT2D eigenvalue weighted by Gasteiger charge is -2.27. The molecule has 306 valence electrons. The smallest absolute Gasteiger partial charge is 0.410 e. The van der Waals surface area contributed by atoms with E-state index in [0.29, 0.717) is 19.6 Å². The first-order valence-corrected chi connectivity index (χ1v) is 21.0. The van der Waals surface area contributed by atoms with E-state index in [1.165, 1.54) is 43.2 Å². The number of hydrogen-bond acceptors (Lipinski definition) is 7. The summed E-state index contributed by atoms with van der Waals surface area (Å²) in [4.78, 5) is 31.7. The predicted molar refractivity (Wildman–Crippen MR) is 225 cm³/mol. The van der Waals surface area contributed by atoms with Crippen molar-refractivity contribution in [3.8, 4) is 0 Å². The Labute approximate surface area is 329 Å². The number of unbranched alkanes of at least 4 members (excludes halogenated alkanes) is 9. The van der Waals surface area contributed by atoms with Crippen LogP contribution in [0.2, 0.25) is 0 Å². The van der Waals surface area contributed by atoms with Crippen molar-refractivity contribution < 1.29 is 19.1 Å². The maximum Gasteiger partial charge on any atom is 0.410 e. The fourth-order valence-electron chi connectivity index (χ4n) is 6.46. The van der Waals surface area contributed by atoms with Crippen molar-refractivity contribution in [3.05, 3.63) is 71.8 Å². The van der Waals surface area contributed by atoms with Gasteiger partial charge in [0, 0.05) is 32.7 Å². The van der Waals surface area contributed by atoms with E-state index in [1.807, 2.05) is 46.4 Å². The SMILES string of the molecule is CC(C)(C)OC(=O)NCCCCCCN(CCCCCCN(CCCCCCN(CCCN)C(=O)OC(C)(C)C)Cc1ccccc1)Cc1ccccc1. The second-order valence-corrected chi connectivity index (χ2v) is 16.8. The molecule has 0 radical (unpaired) electrons. The normalized spacial score (nSPS) is 11.9. The van der Waals surface area contributed by atoms with Crippen molar-refractivity contribution in [2.45, 2.75) is 149 Å².